The molecule has 0 bridgehead atoms. The van der Waals surface area contributed by atoms with E-state index < -0.39 is 23.7 Å². The van der Waals surface area contributed by atoms with Gasteiger partial charge in [-0.25, -0.2) is 9.78 Å². The van der Waals surface area contributed by atoms with Crippen LogP contribution < -0.4 is 0 Å². The second-order valence-corrected chi connectivity index (χ2v) is 8.40. The van der Waals surface area contributed by atoms with Gasteiger partial charge in [-0.1, -0.05) is 30.3 Å². The first-order chi connectivity index (χ1) is 16.8. The number of rotatable bonds is 8. The van der Waals surface area contributed by atoms with Crippen LogP contribution in [0.3, 0.4) is 0 Å². The third-order valence-corrected chi connectivity index (χ3v) is 6.18. The van der Waals surface area contributed by atoms with E-state index in [1.165, 1.54) is 4.90 Å². The number of aliphatic hydroxyl groups is 1. The summed E-state index contributed by atoms with van der Waals surface area (Å²) in [6.07, 6.45) is 5.81. The number of carbonyl (C=O) groups excluding carboxylic acids is 3. The normalized spacial score (nSPS) is 17.2. The molecule has 1 aromatic carbocycles. The first-order valence-corrected chi connectivity index (χ1v) is 11.5. The third-order valence-electron chi connectivity index (χ3n) is 6.18. The molecule has 0 aliphatic carbocycles. The molecule has 1 saturated heterocycles. The Labute approximate surface area is 203 Å². The molecule has 0 unspecified atom stereocenters. The Balaban J connectivity index is 1.77. The number of aliphatic hydroxyl groups excluding tert-OH is 1. The first kappa shape index (κ1) is 24.0. The van der Waals surface area contributed by atoms with Crippen molar-refractivity contribution in [2.45, 2.75) is 39.8 Å². The summed E-state index contributed by atoms with van der Waals surface area (Å²) >= 11 is 0. The van der Waals surface area contributed by atoms with Crippen molar-refractivity contribution in [1.29, 1.82) is 0 Å². The zero-order valence-electron chi connectivity index (χ0n) is 19.9. The van der Waals surface area contributed by atoms with E-state index in [1.54, 1.807) is 33.3 Å². The number of amides is 1. The maximum absolute atomic E-state index is 13.2. The van der Waals surface area contributed by atoms with Crippen LogP contribution in [0.1, 0.15) is 52.3 Å². The van der Waals surface area contributed by atoms with Gasteiger partial charge in [-0.3, -0.25) is 9.59 Å². The molecule has 1 aliphatic heterocycles. The number of nitrogens with zero attached hydrogens (tertiary/aromatic N) is 3. The molecule has 4 rings (SSSR count). The molecular weight excluding hydrogens is 448 g/mol. The van der Waals surface area contributed by atoms with Gasteiger partial charge in [-0.15, -0.1) is 0 Å². The zero-order chi connectivity index (χ0) is 25.1. The van der Waals surface area contributed by atoms with Crippen LogP contribution in [-0.2, 0) is 20.9 Å². The minimum Gasteiger partial charge on any atom is -0.507 e. The number of carbonyl (C=O) groups is 3. The number of ether oxygens (including phenoxy) is 1. The summed E-state index contributed by atoms with van der Waals surface area (Å²) in [5.74, 6) is -2.28. The van der Waals surface area contributed by atoms with Crippen molar-refractivity contribution in [3.8, 4) is 0 Å². The molecule has 1 amide bonds. The predicted octanol–water partition coefficient (Wildman–Crippen LogP) is 3.52. The predicted molar refractivity (Wildman–Crippen MR) is 129 cm³/mol. The number of hydrogen-bond acceptors (Lipinski definition) is 6. The van der Waals surface area contributed by atoms with Crippen LogP contribution >= 0.6 is 0 Å². The molecule has 3 heterocycles. The average Bonchev–Trinajstić information content (AvgIpc) is 3.53. The zero-order valence-corrected chi connectivity index (χ0v) is 19.9. The Morgan fingerprint density at radius 3 is 2.57 bits per heavy atom. The van der Waals surface area contributed by atoms with Gasteiger partial charge in [0.15, 0.2) is 0 Å². The highest BCUT2D eigenvalue weighted by atomic mass is 16.5. The van der Waals surface area contributed by atoms with Gasteiger partial charge in [-0.2, -0.15) is 0 Å². The average molecular weight is 477 g/mol. The van der Waals surface area contributed by atoms with Gasteiger partial charge in [0.2, 0.25) is 0 Å². The van der Waals surface area contributed by atoms with Crippen molar-refractivity contribution < 1.29 is 24.2 Å². The number of benzene rings is 1. The van der Waals surface area contributed by atoms with Crippen LogP contribution in [0.5, 0.6) is 0 Å². The number of ketones is 1. The number of Topliss-reactive ketones (excluding diaryl/α,β-unsaturated/α-hetero) is 1. The number of hydrogen-bond donors (Lipinski definition) is 2. The van der Waals surface area contributed by atoms with Crippen molar-refractivity contribution in [1.82, 2.24) is 19.4 Å². The van der Waals surface area contributed by atoms with Gasteiger partial charge in [0.05, 0.1) is 24.5 Å². The van der Waals surface area contributed by atoms with Gasteiger partial charge in [0.25, 0.3) is 11.7 Å². The van der Waals surface area contributed by atoms with E-state index in [0.29, 0.717) is 41.9 Å². The summed E-state index contributed by atoms with van der Waals surface area (Å²) in [6, 6.07) is 8.40. The molecular formula is C26H28N4O5. The molecule has 2 aromatic heterocycles. The molecule has 0 spiro atoms. The topological polar surface area (TPSA) is 118 Å². The van der Waals surface area contributed by atoms with E-state index in [9.17, 15) is 19.5 Å². The molecule has 3 aromatic rings. The van der Waals surface area contributed by atoms with Crippen molar-refractivity contribution in [2.75, 3.05) is 13.2 Å². The Morgan fingerprint density at radius 1 is 1.17 bits per heavy atom. The largest absolute Gasteiger partial charge is 0.507 e. The van der Waals surface area contributed by atoms with Gasteiger partial charge in [-0.05, 0) is 38.3 Å². The number of aromatic amines is 1. The maximum atomic E-state index is 13.2. The van der Waals surface area contributed by atoms with Gasteiger partial charge < -0.3 is 24.3 Å². The lowest BCUT2D eigenvalue weighted by Gasteiger charge is -2.25. The molecule has 0 radical (unpaired) electrons. The fraction of sp³-hybridized carbons (Fsp3) is 0.308. The second-order valence-electron chi connectivity index (χ2n) is 8.40. The van der Waals surface area contributed by atoms with Crippen LogP contribution in [0.4, 0.5) is 0 Å². The van der Waals surface area contributed by atoms with Gasteiger partial charge in [0.1, 0.15) is 11.5 Å². The Hall–Kier alpha value is -4.14. The summed E-state index contributed by atoms with van der Waals surface area (Å²) in [4.78, 5) is 47.2. The van der Waals surface area contributed by atoms with Crippen LogP contribution in [0.15, 0.2) is 54.6 Å². The second kappa shape index (κ2) is 10.0. The number of aryl methyl sites for hydroxylation is 2. The highest BCUT2D eigenvalue weighted by Gasteiger charge is 2.46. The summed E-state index contributed by atoms with van der Waals surface area (Å²) in [7, 11) is 0. The van der Waals surface area contributed by atoms with Gasteiger partial charge in [0, 0.05) is 36.7 Å². The smallest absolute Gasteiger partial charge is 0.355 e. The third kappa shape index (κ3) is 4.49. The quantitative estimate of drug-likeness (QED) is 0.222. The van der Waals surface area contributed by atoms with Crippen molar-refractivity contribution >= 4 is 23.4 Å². The number of likely N-dealkylation sites (tertiary alicyclic amines) is 1. The van der Waals surface area contributed by atoms with Crippen LogP contribution in [0.25, 0.3) is 5.76 Å². The highest BCUT2D eigenvalue weighted by molar-refractivity contribution is 6.46. The fourth-order valence-electron chi connectivity index (χ4n) is 4.58. The molecule has 182 valence electrons. The molecule has 1 aliphatic rings. The van der Waals surface area contributed by atoms with E-state index >= 15 is 0 Å². The van der Waals surface area contributed by atoms with E-state index in [2.05, 4.69) is 9.97 Å². The SMILES string of the molecule is CCOC(=O)c1[nH]c(C)c(C(O)=C2C(=O)C(=O)N(CCCn3ccnc3)[C@@H]2c2ccccc2)c1C. The number of H-pyrrole nitrogens is 1. The first-order valence-electron chi connectivity index (χ1n) is 11.5. The minimum atomic E-state index is -0.753. The summed E-state index contributed by atoms with van der Waals surface area (Å²) in [5, 5.41) is 11.4. The standard InChI is InChI=1S/C26H28N4O5/c1-4-35-26(34)21-16(2)19(17(3)28-21)23(31)20-22(18-9-6-5-7-10-18)30(25(33)24(20)32)13-8-12-29-14-11-27-15-29/h5-7,9-11,14-15,22,28,31H,4,8,12-13H2,1-3H3/t22-/m1/s1. The fourth-order valence-corrected chi connectivity index (χ4v) is 4.58. The molecule has 9 heteroatoms. The lowest BCUT2D eigenvalue weighted by molar-refractivity contribution is -0.139. The number of esters is 1. The van der Waals surface area contributed by atoms with Crippen molar-refractivity contribution in [2.24, 2.45) is 0 Å². The summed E-state index contributed by atoms with van der Waals surface area (Å²) < 4.78 is 7.00. The van der Waals surface area contributed by atoms with Crippen LogP contribution in [0.2, 0.25) is 0 Å². The summed E-state index contributed by atoms with van der Waals surface area (Å²) in [6.45, 7) is 6.22. The number of nitrogens with one attached hydrogen (secondary N) is 1. The monoisotopic (exact) mass is 476 g/mol. The van der Waals surface area contributed by atoms with Crippen LogP contribution in [-0.4, -0.2) is 55.4 Å². The Kier molecular flexibility index (Phi) is 6.86. The lowest BCUT2D eigenvalue weighted by atomic mass is 9.94. The van der Waals surface area contributed by atoms with Gasteiger partial charge >= 0.3 is 5.97 Å². The molecule has 0 saturated carbocycles. The minimum absolute atomic E-state index is 0.00411. The van der Waals surface area contributed by atoms with Crippen molar-refractivity contribution in [3.63, 3.8) is 0 Å². The molecule has 1 fully saturated rings. The number of imidazole rings is 1. The molecule has 35 heavy (non-hydrogen) atoms. The van der Waals surface area contributed by atoms with Crippen molar-refractivity contribution in [3.05, 3.63) is 82.7 Å². The van der Waals surface area contributed by atoms with E-state index in [4.69, 9.17) is 4.74 Å². The van der Waals surface area contributed by atoms with E-state index in [-0.39, 0.29) is 23.6 Å². The maximum Gasteiger partial charge on any atom is 0.355 e. The van der Waals surface area contributed by atoms with Crippen LogP contribution in [0, 0.1) is 13.8 Å². The molecule has 2 N–H and O–H groups in total. The summed E-state index contributed by atoms with van der Waals surface area (Å²) in [5.41, 5.74) is 2.21. The highest BCUT2D eigenvalue weighted by Crippen LogP contribution is 2.40. The number of aromatic nitrogens is 3. The Morgan fingerprint density at radius 2 is 1.91 bits per heavy atom. The van der Waals surface area contributed by atoms with E-state index in [1.807, 2.05) is 41.1 Å². The lowest BCUT2D eigenvalue weighted by Crippen LogP contribution is -2.31. The molecule has 9 nitrogen and oxygen atoms in total. The molecule has 1 atom stereocenters. The Bertz CT molecular complexity index is 1270. The van der Waals surface area contributed by atoms with E-state index in [0.717, 1.165) is 0 Å².